The van der Waals surface area contributed by atoms with Crippen LogP contribution >= 0.6 is 0 Å². The van der Waals surface area contributed by atoms with Gasteiger partial charge in [-0.15, -0.1) is 5.10 Å². The van der Waals surface area contributed by atoms with Gasteiger partial charge in [-0.1, -0.05) is 11.2 Å². The van der Waals surface area contributed by atoms with Crippen LogP contribution in [0.1, 0.15) is 0 Å². The second-order valence-electron chi connectivity index (χ2n) is 5.50. The van der Waals surface area contributed by atoms with Crippen LogP contribution in [0.4, 0.5) is 6.01 Å². The van der Waals surface area contributed by atoms with Crippen LogP contribution in [0, 0.1) is 0 Å². The zero-order valence-electron chi connectivity index (χ0n) is 14.3. The fourth-order valence-electron chi connectivity index (χ4n) is 2.42. The van der Waals surface area contributed by atoms with Crippen molar-refractivity contribution in [2.45, 2.75) is 0 Å². The minimum Gasteiger partial charge on any atom is -0.497 e. The molecule has 2 aromatic carbocycles. The number of rotatable bonds is 6. The number of aromatic nitrogens is 2. The van der Waals surface area contributed by atoms with Gasteiger partial charge in [-0.25, -0.2) is 0 Å². The third-order valence-corrected chi connectivity index (χ3v) is 3.70. The molecule has 0 spiro atoms. The molecule has 0 saturated heterocycles. The van der Waals surface area contributed by atoms with Crippen molar-refractivity contribution in [1.29, 1.82) is 0 Å². The molecule has 9 heteroatoms. The summed E-state index contributed by atoms with van der Waals surface area (Å²) in [5.41, 5.74) is 0.653. The second-order valence-corrected chi connectivity index (χ2v) is 5.50. The number of benzene rings is 2. The molecule has 0 radical (unpaired) electrons. The monoisotopic (exact) mass is 369 g/mol. The molecule has 0 aliphatic carbocycles. The highest BCUT2D eigenvalue weighted by atomic mass is 16.7. The number of carbonyl (C=O) groups excluding carboxylic acids is 1. The summed E-state index contributed by atoms with van der Waals surface area (Å²) >= 11 is 0. The standard InChI is InChI=1S/C18H15N3O6/c1-23-12-3-2-4-13(8-12)24-9-16(22)19-18-21-20-17(27-18)11-5-6-14-15(7-11)26-10-25-14/h2-8H,9-10H2,1H3,(H,19,21,22). The zero-order valence-corrected chi connectivity index (χ0v) is 14.3. The molecule has 1 amide bonds. The van der Waals surface area contributed by atoms with Crippen LogP contribution in [0.5, 0.6) is 23.0 Å². The molecule has 9 nitrogen and oxygen atoms in total. The molecule has 1 aliphatic rings. The number of anilines is 1. The Balaban J connectivity index is 1.36. The summed E-state index contributed by atoms with van der Waals surface area (Å²) in [6, 6.07) is 12.2. The Morgan fingerprint density at radius 3 is 2.85 bits per heavy atom. The Bertz CT molecular complexity index is 971. The predicted molar refractivity (Wildman–Crippen MR) is 93.0 cm³/mol. The van der Waals surface area contributed by atoms with Gasteiger partial charge in [0, 0.05) is 11.6 Å². The number of hydrogen-bond donors (Lipinski definition) is 1. The highest BCUT2D eigenvalue weighted by molar-refractivity contribution is 5.89. The summed E-state index contributed by atoms with van der Waals surface area (Å²) in [5.74, 6) is 2.22. The molecule has 0 fully saturated rings. The number of hydrogen-bond acceptors (Lipinski definition) is 8. The Kier molecular flexibility index (Phi) is 4.48. The normalized spacial score (nSPS) is 11.9. The predicted octanol–water partition coefficient (Wildman–Crippen LogP) is 2.49. The topological polar surface area (TPSA) is 105 Å². The zero-order chi connectivity index (χ0) is 18.6. The maximum atomic E-state index is 12.0. The first-order chi connectivity index (χ1) is 13.2. The van der Waals surface area contributed by atoms with Gasteiger partial charge >= 0.3 is 6.01 Å². The van der Waals surface area contributed by atoms with Gasteiger partial charge in [0.05, 0.1) is 7.11 Å². The van der Waals surface area contributed by atoms with Gasteiger partial charge in [0.2, 0.25) is 12.7 Å². The van der Waals surface area contributed by atoms with Crippen molar-refractivity contribution in [3.05, 3.63) is 42.5 Å². The summed E-state index contributed by atoms with van der Waals surface area (Å²) in [5, 5.41) is 10.2. The number of nitrogens with zero attached hydrogens (tertiary/aromatic N) is 2. The van der Waals surface area contributed by atoms with Gasteiger partial charge in [0.15, 0.2) is 18.1 Å². The van der Waals surface area contributed by atoms with Crippen LogP contribution in [0.3, 0.4) is 0 Å². The van der Waals surface area contributed by atoms with Crippen molar-refractivity contribution >= 4 is 11.9 Å². The lowest BCUT2D eigenvalue weighted by Crippen LogP contribution is -2.20. The number of methoxy groups -OCH3 is 1. The van der Waals surface area contributed by atoms with E-state index < -0.39 is 5.91 Å². The van der Waals surface area contributed by atoms with E-state index >= 15 is 0 Å². The Labute approximate surface area is 153 Å². The minimum atomic E-state index is -0.432. The third-order valence-electron chi connectivity index (χ3n) is 3.70. The maximum absolute atomic E-state index is 12.0. The molecule has 0 bridgehead atoms. The molecule has 0 atom stereocenters. The van der Waals surface area contributed by atoms with Gasteiger partial charge in [-0.2, -0.15) is 0 Å². The lowest BCUT2D eigenvalue weighted by molar-refractivity contribution is -0.118. The summed E-state index contributed by atoms with van der Waals surface area (Å²) in [6.07, 6.45) is 0. The number of carbonyl (C=O) groups is 1. The van der Waals surface area contributed by atoms with E-state index in [-0.39, 0.29) is 25.3 Å². The molecule has 1 aromatic heterocycles. The molecule has 138 valence electrons. The van der Waals surface area contributed by atoms with E-state index in [0.717, 1.165) is 0 Å². The van der Waals surface area contributed by atoms with E-state index in [1.165, 1.54) is 0 Å². The quantitative estimate of drug-likeness (QED) is 0.707. The number of fused-ring (bicyclic) bond motifs is 1. The summed E-state index contributed by atoms with van der Waals surface area (Å²) in [4.78, 5) is 12.0. The van der Waals surface area contributed by atoms with Gasteiger partial charge in [0.25, 0.3) is 5.91 Å². The Morgan fingerprint density at radius 1 is 1.11 bits per heavy atom. The minimum absolute atomic E-state index is 0.0260. The van der Waals surface area contributed by atoms with E-state index in [4.69, 9.17) is 23.4 Å². The summed E-state index contributed by atoms with van der Waals surface area (Å²) < 4.78 is 26.5. The van der Waals surface area contributed by atoms with E-state index in [0.29, 0.717) is 28.6 Å². The van der Waals surface area contributed by atoms with Gasteiger partial charge in [-0.05, 0) is 30.3 Å². The molecule has 2 heterocycles. The molecular weight excluding hydrogens is 354 g/mol. The van der Waals surface area contributed by atoms with Gasteiger partial charge < -0.3 is 23.4 Å². The van der Waals surface area contributed by atoms with Crippen molar-refractivity contribution < 1.29 is 28.2 Å². The number of nitrogens with one attached hydrogen (secondary N) is 1. The van der Waals surface area contributed by atoms with Crippen molar-refractivity contribution in [2.24, 2.45) is 0 Å². The van der Waals surface area contributed by atoms with Gasteiger partial charge in [-0.3, -0.25) is 10.1 Å². The van der Waals surface area contributed by atoms with Gasteiger partial charge in [0.1, 0.15) is 11.5 Å². The van der Waals surface area contributed by atoms with E-state index in [1.807, 2.05) is 0 Å². The molecule has 4 rings (SSSR count). The fraction of sp³-hybridized carbons (Fsp3) is 0.167. The highest BCUT2D eigenvalue weighted by Crippen LogP contribution is 2.35. The Morgan fingerprint density at radius 2 is 1.96 bits per heavy atom. The van der Waals surface area contributed by atoms with Crippen LogP contribution in [0.25, 0.3) is 11.5 Å². The molecule has 3 aromatic rings. The van der Waals surface area contributed by atoms with Crippen molar-refractivity contribution in [2.75, 3.05) is 25.8 Å². The molecule has 0 saturated carbocycles. The lowest BCUT2D eigenvalue weighted by Gasteiger charge is -2.06. The Hall–Kier alpha value is -3.75. The smallest absolute Gasteiger partial charge is 0.322 e. The van der Waals surface area contributed by atoms with Crippen LogP contribution in [-0.2, 0) is 4.79 Å². The molecular formula is C18H15N3O6. The van der Waals surface area contributed by atoms with E-state index in [9.17, 15) is 4.79 Å². The first-order valence-corrected chi connectivity index (χ1v) is 8.01. The van der Waals surface area contributed by atoms with Crippen LogP contribution in [0.2, 0.25) is 0 Å². The SMILES string of the molecule is COc1cccc(OCC(=O)Nc2nnc(-c3ccc4c(c3)OCO4)o2)c1. The first-order valence-electron chi connectivity index (χ1n) is 8.01. The van der Waals surface area contributed by atoms with Crippen LogP contribution in [0.15, 0.2) is 46.9 Å². The second kappa shape index (κ2) is 7.24. The molecule has 27 heavy (non-hydrogen) atoms. The molecule has 1 N–H and O–H groups in total. The van der Waals surface area contributed by atoms with E-state index in [1.54, 1.807) is 49.6 Å². The maximum Gasteiger partial charge on any atom is 0.322 e. The van der Waals surface area contributed by atoms with Crippen molar-refractivity contribution in [3.8, 4) is 34.5 Å². The average Bonchev–Trinajstić information content (AvgIpc) is 3.35. The summed E-state index contributed by atoms with van der Waals surface area (Å²) in [7, 11) is 1.55. The first kappa shape index (κ1) is 16.7. The fourth-order valence-corrected chi connectivity index (χ4v) is 2.42. The van der Waals surface area contributed by atoms with Crippen LogP contribution in [-0.4, -0.2) is 36.6 Å². The highest BCUT2D eigenvalue weighted by Gasteiger charge is 2.17. The van der Waals surface area contributed by atoms with Crippen molar-refractivity contribution in [1.82, 2.24) is 10.2 Å². The lowest BCUT2D eigenvalue weighted by atomic mass is 10.2. The largest absolute Gasteiger partial charge is 0.497 e. The molecule has 0 unspecified atom stereocenters. The van der Waals surface area contributed by atoms with E-state index in [2.05, 4.69) is 15.5 Å². The van der Waals surface area contributed by atoms with Crippen LogP contribution < -0.4 is 24.3 Å². The molecule has 1 aliphatic heterocycles. The average molecular weight is 369 g/mol. The summed E-state index contributed by atoms with van der Waals surface area (Å²) in [6.45, 7) is -0.0356. The van der Waals surface area contributed by atoms with Crippen molar-refractivity contribution in [3.63, 3.8) is 0 Å². The number of amides is 1. The third kappa shape index (κ3) is 3.76. The number of ether oxygens (including phenoxy) is 4.